The summed E-state index contributed by atoms with van der Waals surface area (Å²) < 4.78 is 1.97. The number of benzene rings is 2. The molecule has 0 spiro atoms. The van der Waals surface area contributed by atoms with Gasteiger partial charge in [-0.1, -0.05) is 48.5 Å². The summed E-state index contributed by atoms with van der Waals surface area (Å²) in [6, 6.07) is 20.4. The molecule has 2 amide bonds. The van der Waals surface area contributed by atoms with Crippen molar-refractivity contribution in [2.24, 2.45) is 0 Å². The third-order valence-corrected chi connectivity index (χ3v) is 5.99. The molecule has 1 aliphatic heterocycles. The summed E-state index contributed by atoms with van der Waals surface area (Å²) in [5, 5.41) is 10.4. The van der Waals surface area contributed by atoms with E-state index in [1.165, 1.54) is 12.0 Å². The third kappa shape index (κ3) is 5.73. The second-order valence-corrected chi connectivity index (χ2v) is 8.22. The van der Waals surface area contributed by atoms with Gasteiger partial charge in [0.1, 0.15) is 5.82 Å². The zero-order valence-electron chi connectivity index (χ0n) is 18.1. The number of aryl methyl sites for hydroxylation is 2. The lowest BCUT2D eigenvalue weighted by Crippen LogP contribution is -2.36. The molecule has 0 aliphatic carbocycles. The first-order valence-corrected chi connectivity index (χ1v) is 11.1. The van der Waals surface area contributed by atoms with Crippen LogP contribution in [-0.2, 0) is 6.42 Å². The molecule has 1 fully saturated rings. The van der Waals surface area contributed by atoms with Crippen molar-refractivity contribution < 1.29 is 4.79 Å². The largest absolute Gasteiger partial charge is 0.324 e. The molecule has 4 rings (SSSR count). The highest BCUT2D eigenvalue weighted by Crippen LogP contribution is 2.26. The monoisotopic (exact) mass is 417 g/mol. The van der Waals surface area contributed by atoms with Crippen LogP contribution in [0.3, 0.4) is 0 Å². The van der Waals surface area contributed by atoms with Crippen LogP contribution in [0, 0.1) is 6.92 Å². The molecule has 2 heterocycles. The van der Waals surface area contributed by atoms with E-state index < -0.39 is 0 Å². The molecule has 0 unspecified atom stereocenters. The van der Waals surface area contributed by atoms with Crippen LogP contribution < -0.4 is 10.6 Å². The Morgan fingerprint density at radius 1 is 1.00 bits per heavy atom. The van der Waals surface area contributed by atoms with Crippen molar-refractivity contribution in [2.75, 3.05) is 30.3 Å². The van der Waals surface area contributed by atoms with Crippen molar-refractivity contribution in [1.82, 2.24) is 14.7 Å². The Kier molecular flexibility index (Phi) is 6.99. The molecule has 2 aromatic carbocycles. The average Bonchev–Trinajstić information content (AvgIpc) is 3.24. The number of aromatic nitrogens is 2. The van der Waals surface area contributed by atoms with Gasteiger partial charge in [-0.15, -0.1) is 0 Å². The van der Waals surface area contributed by atoms with Crippen molar-refractivity contribution in [3.8, 4) is 0 Å². The van der Waals surface area contributed by atoms with Gasteiger partial charge in [0, 0.05) is 24.8 Å². The van der Waals surface area contributed by atoms with Gasteiger partial charge in [0.05, 0.1) is 12.2 Å². The van der Waals surface area contributed by atoms with Crippen LogP contribution in [0.5, 0.6) is 0 Å². The van der Waals surface area contributed by atoms with Gasteiger partial charge < -0.3 is 10.2 Å². The summed E-state index contributed by atoms with van der Waals surface area (Å²) in [5.41, 5.74) is 3.26. The topological polar surface area (TPSA) is 62.2 Å². The maximum atomic E-state index is 12.5. The van der Waals surface area contributed by atoms with Gasteiger partial charge in [-0.25, -0.2) is 9.48 Å². The van der Waals surface area contributed by atoms with Crippen LogP contribution >= 0.6 is 0 Å². The van der Waals surface area contributed by atoms with Gasteiger partial charge in [-0.3, -0.25) is 5.32 Å². The van der Waals surface area contributed by atoms with E-state index in [4.69, 9.17) is 0 Å². The summed E-state index contributed by atoms with van der Waals surface area (Å²) in [6.45, 7) is 5.24. The number of nitrogens with one attached hydrogen (secondary N) is 2. The lowest BCUT2D eigenvalue weighted by Gasteiger charge is -2.32. The van der Waals surface area contributed by atoms with E-state index >= 15 is 0 Å². The maximum Gasteiger partial charge on any atom is 0.324 e. The van der Waals surface area contributed by atoms with Gasteiger partial charge in [0.15, 0.2) is 0 Å². The fourth-order valence-electron chi connectivity index (χ4n) is 4.23. The highest BCUT2D eigenvalue weighted by atomic mass is 16.2. The van der Waals surface area contributed by atoms with E-state index in [0.29, 0.717) is 6.04 Å². The van der Waals surface area contributed by atoms with Crippen LogP contribution in [0.15, 0.2) is 66.9 Å². The molecule has 1 aliphatic rings. The lowest BCUT2D eigenvalue weighted by molar-refractivity contribution is 0.179. The van der Waals surface area contributed by atoms with Gasteiger partial charge in [-0.05, 0) is 56.3 Å². The van der Waals surface area contributed by atoms with Crippen LogP contribution in [0.2, 0.25) is 0 Å². The summed E-state index contributed by atoms with van der Waals surface area (Å²) >= 11 is 0. The molecular weight excluding hydrogens is 386 g/mol. The van der Waals surface area contributed by atoms with Gasteiger partial charge in [0.25, 0.3) is 0 Å². The Bertz CT molecular complexity index is 976. The summed E-state index contributed by atoms with van der Waals surface area (Å²) in [4.78, 5) is 15.0. The van der Waals surface area contributed by atoms with Crippen LogP contribution in [0.25, 0.3) is 0 Å². The highest BCUT2D eigenvalue weighted by molar-refractivity contribution is 5.99. The number of carbonyl (C=O) groups excluding carboxylic acids is 1. The van der Waals surface area contributed by atoms with Gasteiger partial charge in [0.2, 0.25) is 0 Å². The number of likely N-dealkylation sites (tertiary alicyclic amines) is 1. The normalized spacial score (nSPS) is 15.0. The molecule has 1 saturated heterocycles. The third-order valence-electron chi connectivity index (χ3n) is 5.99. The molecule has 162 valence electrons. The van der Waals surface area contributed by atoms with Gasteiger partial charge in [-0.2, -0.15) is 5.10 Å². The fraction of sp³-hybridized carbons (Fsp3) is 0.360. The predicted octanol–water partition coefficient (Wildman–Crippen LogP) is 5.11. The lowest BCUT2D eigenvalue weighted by atomic mass is 10.0. The van der Waals surface area contributed by atoms with E-state index in [9.17, 15) is 4.79 Å². The number of rotatable bonds is 7. The number of anilines is 2. The number of para-hydroxylation sites is 1. The number of hydrogen-bond acceptors (Lipinski definition) is 3. The highest BCUT2D eigenvalue weighted by Gasteiger charge is 2.23. The van der Waals surface area contributed by atoms with Crippen LogP contribution in [0.1, 0.15) is 36.4 Å². The van der Waals surface area contributed by atoms with E-state index in [0.717, 1.165) is 56.0 Å². The second-order valence-electron chi connectivity index (χ2n) is 8.22. The molecule has 6 nitrogen and oxygen atoms in total. The van der Waals surface area contributed by atoms with Crippen LogP contribution in [0.4, 0.5) is 16.3 Å². The molecule has 0 radical (unpaired) electrons. The number of piperidine rings is 1. The van der Waals surface area contributed by atoms with E-state index in [-0.39, 0.29) is 6.03 Å². The van der Waals surface area contributed by atoms with E-state index in [2.05, 4.69) is 51.0 Å². The minimum absolute atomic E-state index is 0.241. The molecule has 1 aromatic heterocycles. The first kappa shape index (κ1) is 21.1. The summed E-state index contributed by atoms with van der Waals surface area (Å²) in [7, 11) is 0. The second kappa shape index (κ2) is 10.3. The van der Waals surface area contributed by atoms with E-state index in [1.807, 2.05) is 41.9 Å². The Morgan fingerprint density at radius 2 is 1.74 bits per heavy atom. The molecule has 3 aromatic rings. The molecule has 31 heavy (non-hydrogen) atoms. The van der Waals surface area contributed by atoms with Crippen LogP contribution in [-0.4, -0.2) is 40.3 Å². The average molecular weight is 418 g/mol. The Morgan fingerprint density at radius 3 is 2.52 bits per heavy atom. The van der Waals surface area contributed by atoms with Crippen molar-refractivity contribution in [1.29, 1.82) is 0 Å². The molecular formula is C25H31N5O. The number of urea groups is 1. The first-order chi connectivity index (χ1) is 15.2. The molecule has 2 N–H and O–H groups in total. The van der Waals surface area contributed by atoms with Crippen molar-refractivity contribution in [3.05, 3.63) is 78.0 Å². The standard InChI is InChI=1S/C25H31N5O/c1-20-8-5-6-12-23(20)27-25(31)28-24-13-16-26-30(24)22-14-18-29(19-15-22)17-7-11-21-9-3-2-4-10-21/h2-6,8-10,12-13,16,22H,7,11,14-15,17-19H2,1H3,(H2,27,28,31). The predicted molar refractivity (Wildman–Crippen MR) is 126 cm³/mol. The molecule has 6 heteroatoms. The van der Waals surface area contributed by atoms with Crippen molar-refractivity contribution in [3.63, 3.8) is 0 Å². The Hall–Kier alpha value is -3.12. The van der Waals surface area contributed by atoms with Gasteiger partial charge >= 0.3 is 6.03 Å². The maximum absolute atomic E-state index is 12.5. The zero-order valence-corrected chi connectivity index (χ0v) is 18.1. The summed E-state index contributed by atoms with van der Waals surface area (Å²) in [5.74, 6) is 0.744. The quantitative estimate of drug-likeness (QED) is 0.562. The number of hydrogen-bond donors (Lipinski definition) is 2. The number of amides is 2. The minimum atomic E-state index is -0.241. The summed E-state index contributed by atoms with van der Waals surface area (Å²) in [6.07, 6.45) is 6.16. The Labute approximate surface area is 184 Å². The number of nitrogens with zero attached hydrogens (tertiary/aromatic N) is 3. The zero-order chi connectivity index (χ0) is 21.5. The molecule has 0 atom stereocenters. The first-order valence-electron chi connectivity index (χ1n) is 11.1. The molecule has 0 bridgehead atoms. The fourth-order valence-corrected chi connectivity index (χ4v) is 4.23. The Balaban J connectivity index is 1.25. The van der Waals surface area contributed by atoms with Crippen molar-refractivity contribution in [2.45, 2.75) is 38.6 Å². The smallest absolute Gasteiger partial charge is 0.307 e. The van der Waals surface area contributed by atoms with E-state index in [1.54, 1.807) is 6.20 Å². The van der Waals surface area contributed by atoms with Crippen molar-refractivity contribution >= 4 is 17.5 Å². The number of carbonyl (C=O) groups is 1. The minimum Gasteiger partial charge on any atom is -0.307 e. The SMILES string of the molecule is Cc1ccccc1NC(=O)Nc1ccnn1C1CCN(CCCc2ccccc2)CC1. The molecule has 0 saturated carbocycles.